The summed E-state index contributed by atoms with van der Waals surface area (Å²) < 4.78 is 25.2. The summed E-state index contributed by atoms with van der Waals surface area (Å²) in [5, 5.41) is 0.258. The molecule has 0 saturated carbocycles. The van der Waals surface area contributed by atoms with Crippen LogP contribution in [0.4, 0.5) is 5.69 Å². The fourth-order valence-electron chi connectivity index (χ4n) is 0.938. The van der Waals surface area contributed by atoms with E-state index in [0.29, 0.717) is 0 Å². The van der Waals surface area contributed by atoms with Crippen molar-refractivity contribution in [1.29, 1.82) is 0 Å². The molecule has 0 aliphatic carbocycles. The zero-order chi connectivity index (χ0) is 12.3. The molecule has 0 radical (unpaired) electrons. The summed E-state index contributed by atoms with van der Waals surface area (Å²) in [5.41, 5.74) is 10.4. The van der Waals surface area contributed by atoms with Gasteiger partial charge in [-0.05, 0) is 18.2 Å². The summed E-state index contributed by atoms with van der Waals surface area (Å²) in [4.78, 5) is 10.4. The predicted molar refractivity (Wildman–Crippen MR) is 60.2 cm³/mol. The first-order valence-electron chi connectivity index (χ1n) is 4.16. The van der Waals surface area contributed by atoms with Crippen LogP contribution in [0.25, 0.3) is 0 Å². The molecule has 0 spiro atoms. The van der Waals surface area contributed by atoms with E-state index in [-0.39, 0.29) is 15.6 Å². The Balaban J connectivity index is 2.99. The third-order valence-corrected chi connectivity index (χ3v) is 3.46. The molecule has 88 valence electrons. The Labute approximate surface area is 97.6 Å². The second-order valence-electron chi connectivity index (χ2n) is 2.97. The fraction of sp³-hybridized carbons (Fsp3) is 0.125. The van der Waals surface area contributed by atoms with Crippen LogP contribution in [0.5, 0.6) is 0 Å². The first kappa shape index (κ1) is 12.8. The molecule has 0 unspecified atom stereocenters. The van der Waals surface area contributed by atoms with Gasteiger partial charge in [0.2, 0.25) is 15.9 Å². The van der Waals surface area contributed by atoms with Crippen molar-refractivity contribution in [3.05, 3.63) is 23.2 Å². The lowest BCUT2D eigenvalue weighted by Crippen LogP contribution is -2.33. The van der Waals surface area contributed by atoms with E-state index in [1.54, 1.807) is 0 Å². The summed E-state index contributed by atoms with van der Waals surface area (Å²) in [5.74, 6) is -0.773. The lowest BCUT2D eigenvalue weighted by atomic mass is 10.3. The van der Waals surface area contributed by atoms with Gasteiger partial charge in [0.25, 0.3) is 0 Å². The number of anilines is 1. The van der Waals surface area contributed by atoms with E-state index in [1.807, 2.05) is 4.72 Å². The minimum absolute atomic E-state index is 0.0735. The zero-order valence-electron chi connectivity index (χ0n) is 8.10. The maximum Gasteiger partial charge on any atom is 0.241 e. The van der Waals surface area contributed by atoms with Crippen LogP contribution in [0.15, 0.2) is 23.1 Å². The predicted octanol–water partition coefficient (Wildman–Crippen LogP) is -0.314. The van der Waals surface area contributed by atoms with Gasteiger partial charge in [-0.2, -0.15) is 0 Å². The summed E-state index contributed by atoms with van der Waals surface area (Å²) in [7, 11) is -3.78. The Morgan fingerprint density at radius 1 is 1.44 bits per heavy atom. The number of rotatable bonds is 4. The highest BCUT2D eigenvalue weighted by molar-refractivity contribution is 7.89. The summed E-state index contributed by atoms with van der Waals surface area (Å²) >= 11 is 5.64. The Bertz CT molecular complexity index is 515. The smallest absolute Gasteiger partial charge is 0.241 e. The van der Waals surface area contributed by atoms with E-state index in [2.05, 4.69) is 0 Å². The van der Waals surface area contributed by atoms with Gasteiger partial charge in [-0.15, -0.1) is 0 Å². The van der Waals surface area contributed by atoms with Gasteiger partial charge in [-0.1, -0.05) is 11.6 Å². The third kappa shape index (κ3) is 3.09. The van der Waals surface area contributed by atoms with E-state index in [0.717, 1.165) is 0 Å². The number of sulfonamides is 1. The summed E-state index contributed by atoms with van der Waals surface area (Å²) in [6, 6.07) is 3.84. The van der Waals surface area contributed by atoms with Crippen molar-refractivity contribution < 1.29 is 13.2 Å². The van der Waals surface area contributed by atoms with Crippen LogP contribution < -0.4 is 16.2 Å². The van der Waals surface area contributed by atoms with Gasteiger partial charge < -0.3 is 11.5 Å². The van der Waals surface area contributed by atoms with Crippen molar-refractivity contribution >= 4 is 33.2 Å². The molecule has 0 bridgehead atoms. The molecule has 0 atom stereocenters. The molecule has 1 aromatic rings. The van der Waals surface area contributed by atoms with Crippen LogP contribution >= 0.6 is 11.6 Å². The average molecular weight is 264 g/mol. The molecule has 0 fully saturated rings. The third-order valence-electron chi connectivity index (χ3n) is 1.71. The maximum absolute atomic E-state index is 11.6. The van der Waals surface area contributed by atoms with Gasteiger partial charge in [0.15, 0.2) is 0 Å². The van der Waals surface area contributed by atoms with Crippen molar-refractivity contribution in [3.63, 3.8) is 0 Å². The molecule has 5 N–H and O–H groups in total. The summed E-state index contributed by atoms with van der Waals surface area (Å²) in [6.45, 7) is -0.467. The number of carbonyl (C=O) groups is 1. The number of benzene rings is 1. The largest absolute Gasteiger partial charge is 0.397 e. The molecule has 6 nitrogen and oxygen atoms in total. The van der Waals surface area contributed by atoms with Crippen molar-refractivity contribution in [2.75, 3.05) is 12.3 Å². The quantitative estimate of drug-likeness (QED) is 0.646. The Kier molecular flexibility index (Phi) is 3.74. The SMILES string of the molecule is NC(=O)CNS(=O)(=O)c1ccc(Cl)c(N)c1. The van der Waals surface area contributed by atoms with E-state index in [1.165, 1.54) is 18.2 Å². The fourth-order valence-corrected chi connectivity index (χ4v) is 2.08. The van der Waals surface area contributed by atoms with Gasteiger partial charge in [0, 0.05) is 0 Å². The van der Waals surface area contributed by atoms with E-state index >= 15 is 0 Å². The maximum atomic E-state index is 11.6. The monoisotopic (exact) mass is 263 g/mol. The molecule has 0 aromatic heterocycles. The number of amides is 1. The highest BCUT2D eigenvalue weighted by Gasteiger charge is 2.15. The number of carbonyl (C=O) groups excluding carboxylic acids is 1. The van der Waals surface area contributed by atoms with Crippen LogP contribution in [0.1, 0.15) is 0 Å². The van der Waals surface area contributed by atoms with Gasteiger partial charge in [0.1, 0.15) is 0 Å². The zero-order valence-corrected chi connectivity index (χ0v) is 9.68. The average Bonchev–Trinajstić information content (AvgIpc) is 2.19. The van der Waals surface area contributed by atoms with Crippen LogP contribution in [0.2, 0.25) is 5.02 Å². The highest BCUT2D eigenvalue weighted by Crippen LogP contribution is 2.21. The van der Waals surface area contributed by atoms with Crippen LogP contribution in [0.3, 0.4) is 0 Å². The van der Waals surface area contributed by atoms with Gasteiger partial charge in [0.05, 0.1) is 22.2 Å². The van der Waals surface area contributed by atoms with Crippen LogP contribution in [-0.4, -0.2) is 20.9 Å². The standard InChI is InChI=1S/C8H10ClN3O3S/c9-6-2-1-5(3-7(6)10)16(14,15)12-4-8(11)13/h1-3,12H,4,10H2,(H2,11,13). The molecular weight excluding hydrogens is 254 g/mol. The van der Waals surface area contributed by atoms with Crippen molar-refractivity contribution in [2.45, 2.75) is 4.90 Å². The van der Waals surface area contributed by atoms with Gasteiger partial charge >= 0.3 is 0 Å². The first-order valence-corrected chi connectivity index (χ1v) is 6.02. The Hall–Kier alpha value is -1.31. The Morgan fingerprint density at radius 3 is 2.56 bits per heavy atom. The molecule has 0 aliphatic heterocycles. The molecule has 0 saturated heterocycles. The first-order chi connectivity index (χ1) is 7.33. The number of primary amides is 1. The topological polar surface area (TPSA) is 115 Å². The number of nitrogens with two attached hydrogens (primary N) is 2. The van der Waals surface area contributed by atoms with Crippen LogP contribution in [0, 0.1) is 0 Å². The number of halogens is 1. The van der Waals surface area contributed by atoms with Crippen LogP contribution in [-0.2, 0) is 14.8 Å². The number of nitrogens with one attached hydrogen (secondary N) is 1. The summed E-state index contributed by atoms with van der Waals surface area (Å²) in [6.07, 6.45) is 0. The molecule has 0 heterocycles. The second-order valence-corrected chi connectivity index (χ2v) is 5.15. The minimum atomic E-state index is -3.78. The lowest BCUT2D eigenvalue weighted by molar-refractivity contribution is -0.116. The van der Waals surface area contributed by atoms with E-state index in [9.17, 15) is 13.2 Å². The Morgan fingerprint density at radius 2 is 2.06 bits per heavy atom. The van der Waals surface area contributed by atoms with E-state index < -0.39 is 22.5 Å². The number of hydrogen-bond acceptors (Lipinski definition) is 4. The van der Waals surface area contributed by atoms with Crippen molar-refractivity contribution in [2.24, 2.45) is 5.73 Å². The normalized spacial score (nSPS) is 11.3. The molecule has 16 heavy (non-hydrogen) atoms. The number of hydrogen-bond donors (Lipinski definition) is 3. The molecule has 1 amide bonds. The molecule has 1 aromatic carbocycles. The highest BCUT2D eigenvalue weighted by atomic mass is 35.5. The molecule has 0 aliphatic rings. The minimum Gasteiger partial charge on any atom is -0.397 e. The van der Waals surface area contributed by atoms with Gasteiger partial charge in [-0.3, -0.25) is 4.79 Å². The van der Waals surface area contributed by atoms with Crippen molar-refractivity contribution in [1.82, 2.24) is 4.72 Å². The lowest BCUT2D eigenvalue weighted by Gasteiger charge is -2.06. The molecule has 1 rings (SSSR count). The van der Waals surface area contributed by atoms with E-state index in [4.69, 9.17) is 23.1 Å². The number of nitrogen functional groups attached to an aromatic ring is 1. The van der Waals surface area contributed by atoms with Gasteiger partial charge in [-0.25, -0.2) is 13.1 Å². The molecule has 8 heteroatoms. The molecular formula is C8H10ClN3O3S. The van der Waals surface area contributed by atoms with Crippen molar-refractivity contribution in [3.8, 4) is 0 Å². The second kappa shape index (κ2) is 4.69.